The molecule has 0 radical (unpaired) electrons. The molecule has 6 heteroatoms. The van der Waals surface area contributed by atoms with Crippen molar-refractivity contribution in [3.63, 3.8) is 0 Å². The number of rotatable bonds is 6. The summed E-state index contributed by atoms with van der Waals surface area (Å²) in [5, 5.41) is 3.79. The monoisotopic (exact) mass is 405 g/mol. The maximum absolute atomic E-state index is 12.6. The quantitative estimate of drug-likeness (QED) is 0.459. The number of furan rings is 1. The van der Waals surface area contributed by atoms with E-state index in [1.54, 1.807) is 13.4 Å². The molecule has 146 valence electrons. The van der Waals surface area contributed by atoms with Crippen LogP contribution in [-0.2, 0) is 24.1 Å². The molecule has 1 aliphatic rings. The molecule has 3 heterocycles. The highest BCUT2D eigenvalue weighted by atomic mass is 32.1. The Hall–Kier alpha value is -3.12. The number of thiazole rings is 1. The van der Waals surface area contributed by atoms with Crippen LogP contribution in [0.15, 0.2) is 52.5 Å². The summed E-state index contributed by atoms with van der Waals surface area (Å²) >= 11 is 1.52. The number of benzene rings is 2. The number of Topliss-reactive ketones (excluding diaryl/α,β-unsaturated/α-hetero) is 1. The van der Waals surface area contributed by atoms with E-state index in [0.29, 0.717) is 12.8 Å². The first kappa shape index (κ1) is 17.9. The third-order valence-corrected chi connectivity index (χ3v) is 5.98. The van der Waals surface area contributed by atoms with Crippen molar-refractivity contribution in [1.29, 1.82) is 0 Å². The molecule has 5 nitrogen and oxygen atoms in total. The molecule has 2 aromatic carbocycles. The van der Waals surface area contributed by atoms with Crippen LogP contribution in [0.2, 0.25) is 0 Å². The van der Waals surface area contributed by atoms with Crippen LogP contribution < -0.4 is 9.47 Å². The van der Waals surface area contributed by atoms with Gasteiger partial charge in [0.15, 0.2) is 0 Å². The average molecular weight is 405 g/mol. The summed E-state index contributed by atoms with van der Waals surface area (Å²) < 4.78 is 16.4. The number of carbonyl (C=O) groups excluding carboxylic acids is 1. The van der Waals surface area contributed by atoms with Gasteiger partial charge in [-0.05, 0) is 35.9 Å². The summed E-state index contributed by atoms with van der Waals surface area (Å²) in [6.45, 7) is 0.741. The van der Waals surface area contributed by atoms with Crippen molar-refractivity contribution in [2.24, 2.45) is 0 Å². The fourth-order valence-corrected chi connectivity index (χ4v) is 4.47. The van der Waals surface area contributed by atoms with Crippen LogP contribution in [0.25, 0.3) is 22.2 Å². The van der Waals surface area contributed by atoms with Crippen LogP contribution in [0.3, 0.4) is 0 Å². The zero-order valence-corrected chi connectivity index (χ0v) is 16.8. The third kappa shape index (κ3) is 3.51. The third-order valence-electron chi connectivity index (χ3n) is 5.14. The zero-order valence-electron chi connectivity index (χ0n) is 15.9. The molecule has 1 aliphatic heterocycles. The fraction of sp³-hybridized carbons (Fsp3) is 0.217. The molecule has 0 bridgehead atoms. The second-order valence-corrected chi connectivity index (χ2v) is 8.01. The predicted molar refractivity (Wildman–Crippen MR) is 112 cm³/mol. The normalized spacial score (nSPS) is 12.7. The largest absolute Gasteiger partial charge is 0.497 e. The lowest BCUT2D eigenvalue weighted by Crippen LogP contribution is -2.06. The number of carbonyl (C=O) groups is 1. The van der Waals surface area contributed by atoms with Gasteiger partial charge in [0.25, 0.3) is 0 Å². The Labute approximate surface area is 171 Å². The van der Waals surface area contributed by atoms with Crippen LogP contribution in [0.1, 0.15) is 16.1 Å². The summed E-state index contributed by atoms with van der Waals surface area (Å²) in [5.41, 5.74) is 4.82. The Morgan fingerprint density at radius 2 is 2.14 bits per heavy atom. The van der Waals surface area contributed by atoms with Gasteiger partial charge in [-0.15, -0.1) is 11.3 Å². The summed E-state index contributed by atoms with van der Waals surface area (Å²) in [6, 6.07) is 11.8. The van der Waals surface area contributed by atoms with Crippen molar-refractivity contribution in [3.8, 4) is 22.8 Å². The topological polar surface area (TPSA) is 61.6 Å². The number of hydrogen-bond donors (Lipinski definition) is 0. The predicted octanol–water partition coefficient (Wildman–Crippen LogP) is 4.85. The smallest absolute Gasteiger partial charge is 0.144 e. The van der Waals surface area contributed by atoms with E-state index in [4.69, 9.17) is 13.9 Å². The van der Waals surface area contributed by atoms with E-state index in [1.165, 1.54) is 16.9 Å². The number of hydrogen-bond acceptors (Lipinski definition) is 6. The Morgan fingerprint density at radius 1 is 1.21 bits per heavy atom. The summed E-state index contributed by atoms with van der Waals surface area (Å²) in [7, 11) is 1.62. The minimum absolute atomic E-state index is 0.117. The molecular formula is C23H19NO4S. The lowest BCUT2D eigenvalue weighted by molar-refractivity contribution is -0.117. The van der Waals surface area contributed by atoms with Crippen molar-refractivity contribution in [2.75, 3.05) is 13.7 Å². The fourth-order valence-electron chi connectivity index (χ4n) is 3.64. The Balaban J connectivity index is 1.29. The van der Waals surface area contributed by atoms with Gasteiger partial charge < -0.3 is 13.9 Å². The lowest BCUT2D eigenvalue weighted by Gasteiger charge is -2.01. The molecule has 0 N–H and O–H groups in total. The van der Waals surface area contributed by atoms with Crippen molar-refractivity contribution in [3.05, 3.63) is 64.2 Å². The molecular weight excluding hydrogens is 386 g/mol. The van der Waals surface area contributed by atoms with Crippen molar-refractivity contribution >= 4 is 28.1 Å². The number of fused-ring (bicyclic) bond motifs is 2. The molecule has 0 unspecified atom stereocenters. The van der Waals surface area contributed by atoms with Crippen molar-refractivity contribution in [2.45, 2.75) is 19.3 Å². The summed E-state index contributed by atoms with van der Waals surface area (Å²) in [4.78, 5) is 17.3. The minimum Gasteiger partial charge on any atom is -0.497 e. The van der Waals surface area contributed by atoms with Gasteiger partial charge in [0.05, 0.1) is 32.1 Å². The van der Waals surface area contributed by atoms with Crippen molar-refractivity contribution < 1.29 is 18.7 Å². The van der Waals surface area contributed by atoms with E-state index in [0.717, 1.165) is 57.3 Å². The first-order chi connectivity index (χ1) is 14.2. The van der Waals surface area contributed by atoms with Gasteiger partial charge in [0.1, 0.15) is 27.9 Å². The molecule has 4 aromatic rings. The number of methoxy groups -OCH3 is 1. The number of nitrogens with zero attached hydrogens (tertiary/aromatic N) is 1. The number of ketones is 1. The standard InChI is InChI=1S/C23H19NO4S/c1-26-18-3-4-19-16(12-28-22(19)11-18)9-17(25)10-23-24-20(13-29-23)14-2-5-21-15(8-14)6-7-27-21/h2-5,8,11-13H,6-7,9-10H2,1H3. The van der Waals surface area contributed by atoms with Gasteiger partial charge in [0.2, 0.25) is 0 Å². The van der Waals surface area contributed by atoms with Crippen LogP contribution in [0, 0.1) is 0 Å². The SMILES string of the molecule is COc1ccc2c(CC(=O)Cc3nc(-c4ccc5c(c4)CCO5)cs3)coc2c1. The Kier molecular flexibility index (Phi) is 4.56. The second kappa shape index (κ2) is 7.37. The highest BCUT2D eigenvalue weighted by Gasteiger charge is 2.16. The summed E-state index contributed by atoms with van der Waals surface area (Å²) in [5.74, 6) is 1.81. The molecule has 0 saturated carbocycles. The maximum Gasteiger partial charge on any atom is 0.144 e. The molecule has 0 amide bonds. The van der Waals surface area contributed by atoms with Crippen LogP contribution in [0.5, 0.6) is 11.5 Å². The highest BCUT2D eigenvalue weighted by molar-refractivity contribution is 7.10. The first-order valence-corrected chi connectivity index (χ1v) is 10.3. The number of ether oxygens (including phenoxy) is 2. The molecule has 29 heavy (non-hydrogen) atoms. The van der Waals surface area contributed by atoms with Gasteiger partial charge >= 0.3 is 0 Å². The highest BCUT2D eigenvalue weighted by Crippen LogP contribution is 2.31. The van der Waals surface area contributed by atoms with Gasteiger partial charge in [-0.2, -0.15) is 0 Å². The first-order valence-electron chi connectivity index (χ1n) is 9.46. The molecule has 0 fully saturated rings. The molecule has 2 aromatic heterocycles. The zero-order chi connectivity index (χ0) is 19.8. The molecule has 0 saturated heterocycles. The molecule has 0 spiro atoms. The maximum atomic E-state index is 12.6. The van der Waals surface area contributed by atoms with E-state index in [9.17, 15) is 4.79 Å². The van der Waals surface area contributed by atoms with E-state index in [-0.39, 0.29) is 5.78 Å². The van der Waals surface area contributed by atoms with E-state index in [2.05, 4.69) is 11.1 Å². The average Bonchev–Trinajstić information content (AvgIpc) is 3.47. The van der Waals surface area contributed by atoms with Crippen LogP contribution in [0.4, 0.5) is 0 Å². The molecule has 5 rings (SSSR count). The number of aromatic nitrogens is 1. The van der Waals surface area contributed by atoms with Crippen LogP contribution >= 0.6 is 11.3 Å². The van der Waals surface area contributed by atoms with Gasteiger partial charge in [-0.3, -0.25) is 4.79 Å². The minimum atomic E-state index is 0.117. The van der Waals surface area contributed by atoms with E-state index >= 15 is 0 Å². The van der Waals surface area contributed by atoms with E-state index in [1.807, 2.05) is 35.7 Å². The lowest BCUT2D eigenvalue weighted by atomic mass is 10.1. The van der Waals surface area contributed by atoms with Gasteiger partial charge in [-0.25, -0.2) is 4.98 Å². The van der Waals surface area contributed by atoms with Crippen LogP contribution in [-0.4, -0.2) is 24.5 Å². The molecule has 0 atom stereocenters. The molecule has 0 aliphatic carbocycles. The van der Waals surface area contributed by atoms with Gasteiger partial charge in [-0.1, -0.05) is 0 Å². The van der Waals surface area contributed by atoms with Gasteiger partial charge in [0, 0.05) is 40.8 Å². The van der Waals surface area contributed by atoms with Crippen molar-refractivity contribution in [1.82, 2.24) is 4.98 Å². The van der Waals surface area contributed by atoms with E-state index < -0.39 is 0 Å². The summed E-state index contributed by atoms with van der Waals surface area (Å²) in [6.07, 6.45) is 3.23. The Morgan fingerprint density at radius 3 is 3.03 bits per heavy atom. The Bertz CT molecular complexity index is 1210. The second-order valence-electron chi connectivity index (χ2n) is 7.06.